The molecule has 0 bridgehead atoms. The predicted molar refractivity (Wildman–Crippen MR) is 101 cm³/mol. The molecule has 0 aliphatic heterocycles. The average molecular weight is 347 g/mol. The van der Waals surface area contributed by atoms with E-state index in [2.05, 4.69) is 42.6 Å². The normalized spacial score (nSPS) is 11.4. The van der Waals surface area contributed by atoms with Gasteiger partial charge in [0.05, 0.1) is 6.20 Å². The lowest BCUT2D eigenvalue weighted by atomic mass is 10.2. The molecule has 0 saturated carbocycles. The topological polar surface area (TPSA) is 59.0 Å². The van der Waals surface area contributed by atoms with E-state index in [9.17, 15) is 4.79 Å². The van der Waals surface area contributed by atoms with Crippen molar-refractivity contribution in [2.75, 3.05) is 11.9 Å². The number of urea groups is 1. The van der Waals surface area contributed by atoms with Crippen LogP contribution in [0.4, 0.5) is 10.5 Å². The van der Waals surface area contributed by atoms with E-state index in [1.165, 1.54) is 4.90 Å². The molecule has 6 heteroatoms. The van der Waals surface area contributed by atoms with Crippen molar-refractivity contribution in [3.63, 3.8) is 0 Å². The van der Waals surface area contributed by atoms with Crippen molar-refractivity contribution in [3.8, 4) is 0 Å². The van der Waals surface area contributed by atoms with E-state index in [0.717, 1.165) is 23.2 Å². The van der Waals surface area contributed by atoms with Crippen LogP contribution >= 0.6 is 11.8 Å². The largest absolute Gasteiger partial charge is 0.338 e. The molecule has 1 aromatic heterocycles. The van der Waals surface area contributed by atoms with E-state index >= 15 is 0 Å². The van der Waals surface area contributed by atoms with Crippen LogP contribution in [-0.2, 0) is 13.5 Å². The van der Waals surface area contributed by atoms with Crippen molar-refractivity contribution in [1.29, 1.82) is 0 Å². The zero-order chi connectivity index (χ0) is 17.7. The highest BCUT2D eigenvalue weighted by atomic mass is 32.2. The van der Waals surface area contributed by atoms with Crippen LogP contribution in [-0.4, -0.2) is 27.1 Å². The Morgan fingerprint density at radius 1 is 1.33 bits per heavy atom. The standard InChI is InChI=1S/C18H26N4OS/c1-13-10-15(24-18(2,3)4)6-7-16(13)21-17(23)19-9-8-14-11-20-22(5)12-14/h6-7,10-12H,8-9H2,1-5H3,(H2,19,21,23). The number of anilines is 1. The summed E-state index contributed by atoms with van der Waals surface area (Å²) >= 11 is 1.82. The van der Waals surface area contributed by atoms with E-state index in [-0.39, 0.29) is 10.8 Å². The first-order chi connectivity index (χ1) is 11.2. The fraction of sp³-hybridized carbons (Fsp3) is 0.444. The van der Waals surface area contributed by atoms with Crippen LogP contribution in [0.15, 0.2) is 35.5 Å². The SMILES string of the molecule is Cc1cc(SC(C)(C)C)ccc1NC(=O)NCCc1cnn(C)c1. The number of hydrogen-bond donors (Lipinski definition) is 2. The average Bonchev–Trinajstić information content (AvgIpc) is 2.86. The second-order valence-corrected chi connectivity index (χ2v) is 8.74. The summed E-state index contributed by atoms with van der Waals surface area (Å²) in [5.41, 5.74) is 3.01. The minimum atomic E-state index is -0.182. The monoisotopic (exact) mass is 346 g/mol. The summed E-state index contributed by atoms with van der Waals surface area (Å²) in [6.45, 7) is 9.16. The third-order valence-corrected chi connectivity index (χ3v) is 4.43. The maximum absolute atomic E-state index is 12.0. The quantitative estimate of drug-likeness (QED) is 0.805. The maximum Gasteiger partial charge on any atom is 0.319 e. The predicted octanol–water partition coefficient (Wildman–Crippen LogP) is 3.98. The Hall–Kier alpha value is -1.95. The van der Waals surface area contributed by atoms with E-state index in [0.29, 0.717) is 6.54 Å². The number of amides is 2. The molecule has 0 atom stereocenters. The van der Waals surface area contributed by atoms with Crippen LogP contribution in [0.1, 0.15) is 31.9 Å². The van der Waals surface area contributed by atoms with Crippen molar-refractivity contribution in [1.82, 2.24) is 15.1 Å². The Kier molecular flexibility index (Phi) is 5.94. The van der Waals surface area contributed by atoms with Gasteiger partial charge in [-0.05, 0) is 42.7 Å². The molecule has 24 heavy (non-hydrogen) atoms. The third kappa shape index (κ3) is 5.92. The molecule has 0 saturated heterocycles. The Morgan fingerprint density at radius 2 is 2.08 bits per heavy atom. The number of carbonyl (C=O) groups is 1. The van der Waals surface area contributed by atoms with Gasteiger partial charge in [0.1, 0.15) is 0 Å². The summed E-state index contributed by atoms with van der Waals surface area (Å²) in [4.78, 5) is 13.2. The molecular weight excluding hydrogens is 320 g/mol. The first-order valence-corrected chi connectivity index (χ1v) is 8.86. The highest BCUT2D eigenvalue weighted by Crippen LogP contribution is 2.33. The summed E-state index contributed by atoms with van der Waals surface area (Å²) in [6.07, 6.45) is 4.53. The van der Waals surface area contributed by atoms with Crippen LogP contribution in [0.25, 0.3) is 0 Å². The van der Waals surface area contributed by atoms with Gasteiger partial charge in [0.2, 0.25) is 0 Å². The lowest BCUT2D eigenvalue weighted by molar-refractivity contribution is 0.252. The Labute approximate surface area is 148 Å². The molecule has 130 valence electrons. The van der Waals surface area contributed by atoms with Gasteiger partial charge in [-0.15, -0.1) is 11.8 Å². The van der Waals surface area contributed by atoms with Gasteiger partial charge in [-0.25, -0.2) is 4.79 Å². The van der Waals surface area contributed by atoms with Gasteiger partial charge in [0.15, 0.2) is 0 Å². The highest BCUT2D eigenvalue weighted by molar-refractivity contribution is 8.00. The van der Waals surface area contributed by atoms with Crippen LogP contribution in [0.2, 0.25) is 0 Å². The van der Waals surface area contributed by atoms with E-state index in [1.54, 1.807) is 4.68 Å². The number of thioether (sulfide) groups is 1. The van der Waals surface area contributed by atoms with Crippen molar-refractivity contribution in [2.45, 2.75) is 43.8 Å². The highest BCUT2D eigenvalue weighted by Gasteiger charge is 2.13. The molecule has 0 radical (unpaired) electrons. The van der Waals surface area contributed by atoms with Crippen LogP contribution in [0.5, 0.6) is 0 Å². The van der Waals surface area contributed by atoms with Gasteiger partial charge >= 0.3 is 6.03 Å². The molecule has 0 aliphatic rings. The molecule has 0 unspecified atom stereocenters. The molecule has 1 aromatic carbocycles. The van der Waals surface area contributed by atoms with Crippen LogP contribution < -0.4 is 10.6 Å². The fourth-order valence-corrected chi connectivity index (χ4v) is 3.36. The molecule has 2 aromatic rings. The Morgan fingerprint density at radius 3 is 2.67 bits per heavy atom. The summed E-state index contributed by atoms with van der Waals surface area (Å²) in [5, 5.41) is 9.90. The minimum Gasteiger partial charge on any atom is -0.338 e. The molecule has 2 rings (SSSR count). The molecule has 2 N–H and O–H groups in total. The van der Waals surface area contributed by atoms with Crippen LogP contribution in [0.3, 0.4) is 0 Å². The molecule has 0 fully saturated rings. The summed E-state index contributed by atoms with van der Waals surface area (Å²) in [6, 6.07) is 5.94. The van der Waals surface area contributed by atoms with Gasteiger partial charge < -0.3 is 10.6 Å². The smallest absolute Gasteiger partial charge is 0.319 e. The minimum absolute atomic E-state index is 0.172. The van der Waals surface area contributed by atoms with Gasteiger partial charge in [0, 0.05) is 35.1 Å². The number of aryl methyl sites for hydroxylation is 2. The molecule has 0 spiro atoms. The molecule has 0 aliphatic carbocycles. The molecular formula is C18H26N4OS. The van der Waals surface area contributed by atoms with Crippen molar-refractivity contribution < 1.29 is 4.79 Å². The molecule has 5 nitrogen and oxygen atoms in total. The lowest BCUT2D eigenvalue weighted by Crippen LogP contribution is -2.30. The Bertz CT molecular complexity index is 703. The number of hydrogen-bond acceptors (Lipinski definition) is 3. The van der Waals surface area contributed by atoms with E-state index in [1.807, 2.05) is 50.3 Å². The first-order valence-electron chi connectivity index (χ1n) is 8.05. The molecule has 1 heterocycles. The number of aromatic nitrogens is 2. The van der Waals surface area contributed by atoms with Gasteiger partial charge in [-0.3, -0.25) is 4.68 Å². The fourth-order valence-electron chi connectivity index (χ4n) is 2.28. The van der Waals surface area contributed by atoms with E-state index < -0.39 is 0 Å². The maximum atomic E-state index is 12.0. The zero-order valence-electron chi connectivity index (χ0n) is 15.0. The lowest BCUT2D eigenvalue weighted by Gasteiger charge is -2.18. The summed E-state index contributed by atoms with van der Waals surface area (Å²) in [5.74, 6) is 0. The summed E-state index contributed by atoms with van der Waals surface area (Å²) < 4.78 is 1.93. The Balaban J connectivity index is 1.84. The summed E-state index contributed by atoms with van der Waals surface area (Å²) in [7, 11) is 1.88. The first kappa shape index (κ1) is 18.4. The number of nitrogens with one attached hydrogen (secondary N) is 2. The van der Waals surface area contributed by atoms with Crippen LogP contribution in [0, 0.1) is 6.92 Å². The number of benzene rings is 1. The van der Waals surface area contributed by atoms with E-state index in [4.69, 9.17) is 0 Å². The van der Waals surface area contributed by atoms with Gasteiger partial charge in [-0.1, -0.05) is 20.8 Å². The van der Waals surface area contributed by atoms with Crippen molar-refractivity contribution in [3.05, 3.63) is 41.7 Å². The van der Waals surface area contributed by atoms with Crippen molar-refractivity contribution >= 4 is 23.5 Å². The second-order valence-electron chi connectivity index (χ2n) is 6.84. The van der Waals surface area contributed by atoms with Gasteiger partial charge in [0.25, 0.3) is 0 Å². The zero-order valence-corrected chi connectivity index (χ0v) is 15.8. The number of nitrogens with zero attached hydrogens (tertiary/aromatic N) is 2. The second kappa shape index (κ2) is 7.75. The number of carbonyl (C=O) groups excluding carboxylic acids is 1. The van der Waals surface area contributed by atoms with Gasteiger partial charge in [-0.2, -0.15) is 5.10 Å². The molecule has 2 amide bonds. The van der Waals surface area contributed by atoms with Crippen molar-refractivity contribution in [2.24, 2.45) is 7.05 Å². The number of rotatable bonds is 5. The third-order valence-electron chi connectivity index (χ3n) is 3.33.